The molecule has 0 heteroatoms. The van der Waals surface area contributed by atoms with E-state index in [1.165, 1.54) is 11.1 Å². The lowest BCUT2D eigenvalue weighted by Crippen LogP contribution is -2.56. The van der Waals surface area contributed by atoms with Crippen LogP contribution in [-0.2, 0) is 0 Å². The molecule has 1 fully saturated rings. The summed E-state index contributed by atoms with van der Waals surface area (Å²) in [5.41, 5.74) is 3.58. The summed E-state index contributed by atoms with van der Waals surface area (Å²) < 4.78 is 0. The van der Waals surface area contributed by atoms with Gasteiger partial charge in [-0.25, -0.2) is 0 Å². The summed E-state index contributed by atoms with van der Waals surface area (Å²) in [7, 11) is 0. The highest BCUT2D eigenvalue weighted by atomic mass is 14.7. The summed E-state index contributed by atoms with van der Waals surface area (Å²) in [6.07, 6.45) is 0. The van der Waals surface area contributed by atoms with Crippen LogP contribution < -0.4 is 0 Å². The molecule has 2 aromatic carbocycles. The molecule has 20 heavy (non-hydrogen) atoms. The van der Waals surface area contributed by atoms with Crippen molar-refractivity contribution in [2.24, 2.45) is 10.8 Å². The summed E-state index contributed by atoms with van der Waals surface area (Å²) in [5.74, 6) is 1.20. The van der Waals surface area contributed by atoms with Crippen LogP contribution in [0.2, 0.25) is 0 Å². The molecule has 2 aromatic rings. The van der Waals surface area contributed by atoms with Crippen LogP contribution >= 0.6 is 0 Å². The van der Waals surface area contributed by atoms with E-state index in [0.29, 0.717) is 22.7 Å². The minimum Gasteiger partial charge on any atom is -0.0622 e. The number of hydrogen-bond donors (Lipinski definition) is 0. The lowest BCUT2D eigenvalue weighted by atomic mass is 9.38. The van der Waals surface area contributed by atoms with Crippen LogP contribution in [0.5, 0.6) is 0 Å². The number of hydrogen-bond acceptors (Lipinski definition) is 0. The molecular weight excluding hydrogens is 240 g/mol. The maximum absolute atomic E-state index is 2.42. The molecule has 0 saturated heterocycles. The third-order valence-electron chi connectivity index (χ3n) is 5.87. The highest BCUT2D eigenvalue weighted by Crippen LogP contribution is 2.71. The molecule has 0 spiro atoms. The van der Waals surface area contributed by atoms with Gasteiger partial charge in [0.1, 0.15) is 0 Å². The Bertz CT molecular complexity index is 522. The topological polar surface area (TPSA) is 0 Å². The van der Waals surface area contributed by atoms with Crippen molar-refractivity contribution in [1.29, 1.82) is 0 Å². The Morgan fingerprint density at radius 2 is 0.850 bits per heavy atom. The van der Waals surface area contributed by atoms with Crippen molar-refractivity contribution in [1.82, 2.24) is 0 Å². The van der Waals surface area contributed by atoms with Gasteiger partial charge in [-0.1, -0.05) is 88.4 Å². The Kier molecular flexibility index (Phi) is 3.01. The molecule has 2 atom stereocenters. The molecule has 0 heterocycles. The maximum atomic E-state index is 2.42. The Morgan fingerprint density at radius 3 is 1.15 bits per heavy atom. The van der Waals surface area contributed by atoms with Gasteiger partial charge in [0.05, 0.1) is 0 Å². The molecule has 3 rings (SSSR count). The minimum absolute atomic E-state index is 0.314. The van der Waals surface area contributed by atoms with Gasteiger partial charge in [0.2, 0.25) is 0 Å². The molecular formula is C20H24. The van der Waals surface area contributed by atoms with Gasteiger partial charge in [0.15, 0.2) is 0 Å². The van der Waals surface area contributed by atoms with Crippen molar-refractivity contribution in [2.75, 3.05) is 0 Å². The lowest BCUT2D eigenvalue weighted by Gasteiger charge is -2.65. The molecule has 0 aliphatic heterocycles. The molecule has 0 amide bonds. The normalized spacial score (nSPS) is 26.8. The van der Waals surface area contributed by atoms with Crippen LogP contribution in [0.4, 0.5) is 0 Å². The second-order valence-electron chi connectivity index (χ2n) is 7.22. The van der Waals surface area contributed by atoms with Crippen LogP contribution in [0.1, 0.15) is 50.7 Å². The zero-order chi connectivity index (χ0) is 14.4. The predicted molar refractivity (Wildman–Crippen MR) is 85.9 cm³/mol. The highest BCUT2D eigenvalue weighted by Gasteiger charge is 2.62. The van der Waals surface area contributed by atoms with Crippen molar-refractivity contribution in [3.05, 3.63) is 71.8 Å². The first-order valence-electron chi connectivity index (χ1n) is 7.56. The molecule has 0 radical (unpaired) electrons. The van der Waals surface area contributed by atoms with Crippen molar-refractivity contribution >= 4 is 0 Å². The monoisotopic (exact) mass is 264 g/mol. The first-order valence-corrected chi connectivity index (χ1v) is 7.56. The molecule has 1 aliphatic rings. The fourth-order valence-corrected chi connectivity index (χ4v) is 4.08. The second kappa shape index (κ2) is 4.48. The third kappa shape index (κ3) is 1.74. The van der Waals surface area contributed by atoms with E-state index in [1.807, 2.05) is 0 Å². The van der Waals surface area contributed by atoms with Gasteiger partial charge >= 0.3 is 0 Å². The minimum atomic E-state index is 0.314. The van der Waals surface area contributed by atoms with E-state index in [0.717, 1.165) is 0 Å². The molecule has 0 aromatic heterocycles. The quantitative estimate of drug-likeness (QED) is 0.660. The predicted octanol–water partition coefficient (Wildman–Crippen LogP) is 5.62. The smallest absolute Gasteiger partial charge is 0.00311 e. The van der Waals surface area contributed by atoms with Gasteiger partial charge in [0.25, 0.3) is 0 Å². The molecule has 1 saturated carbocycles. The van der Waals surface area contributed by atoms with Crippen LogP contribution in [0.25, 0.3) is 0 Å². The summed E-state index contributed by atoms with van der Waals surface area (Å²) in [6, 6.07) is 22.0. The first kappa shape index (κ1) is 13.4. The third-order valence-corrected chi connectivity index (χ3v) is 5.87. The van der Waals surface area contributed by atoms with Gasteiger partial charge in [-0.3, -0.25) is 0 Å². The van der Waals surface area contributed by atoms with E-state index in [4.69, 9.17) is 0 Å². The Labute approximate surface area is 122 Å². The van der Waals surface area contributed by atoms with E-state index >= 15 is 0 Å². The van der Waals surface area contributed by atoms with E-state index in [1.54, 1.807) is 0 Å². The van der Waals surface area contributed by atoms with Crippen molar-refractivity contribution in [2.45, 2.75) is 39.5 Å². The number of rotatable bonds is 2. The fourth-order valence-electron chi connectivity index (χ4n) is 4.08. The number of benzene rings is 2. The Balaban J connectivity index is 2.07. The maximum Gasteiger partial charge on any atom is -0.00311 e. The average molecular weight is 264 g/mol. The summed E-state index contributed by atoms with van der Waals surface area (Å²) in [4.78, 5) is 0. The highest BCUT2D eigenvalue weighted by molar-refractivity contribution is 5.39. The van der Waals surface area contributed by atoms with E-state index in [-0.39, 0.29) is 0 Å². The molecule has 104 valence electrons. The van der Waals surface area contributed by atoms with Crippen LogP contribution in [-0.4, -0.2) is 0 Å². The van der Waals surface area contributed by atoms with Gasteiger partial charge in [-0.05, 0) is 33.8 Å². The molecule has 0 bridgehead atoms. The van der Waals surface area contributed by atoms with Gasteiger partial charge in [-0.15, -0.1) is 0 Å². The molecule has 0 N–H and O–H groups in total. The second-order valence-corrected chi connectivity index (χ2v) is 7.22. The standard InChI is InChI=1S/C20H24/c1-19(2)17(15-11-7-5-8-12-15)18(20(19,3)4)16-13-9-6-10-14-16/h5-14,17-18H,1-4H3/t17-,18-/m0/s1. The summed E-state index contributed by atoms with van der Waals surface area (Å²) in [6.45, 7) is 9.68. The van der Waals surface area contributed by atoms with Crippen molar-refractivity contribution in [3.8, 4) is 0 Å². The SMILES string of the molecule is CC1(C)[C@@H](c2ccccc2)[C@H](c2ccccc2)C1(C)C. The van der Waals surface area contributed by atoms with E-state index in [9.17, 15) is 0 Å². The van der Waals surface area contributed by atoms with Crippen LogP contribution in [0.3, 0.4) is 0 Å². The van der Waals surface area contributed by atoms with E-state index < -0.39 is 0 Å². The molecule has 0 nitrogen and oxygen atoms in total. The van der Waals surface area contributed by atoms with Gasteiger partial charge < -0.3 is 0 Å². The van der Waals surface area contributed by atoms with Crippen LogP contribution in [0.15, 0.2) is 60.7 Å². The zero-order valence-corrected chi connectivity index (χ0v) is 12.9. The van der Waals surface area contributed by atoms with Gasteiger partial charge in [-0.2, -0.15) is 0 Å². The molecule has 1 aliphatic carbocycles. The molecule has 0 unspecified atom stereocenters. The Hall–Kier alpha value is -1.56. The fraction of sp³-hybridized carbons (Fsp3) is 0.400. The van der Waals surface area contributed by atoms with Crippen molar-refractivity contribution in [3.63, 3.8) is 0 Å². The summed E-state index contributed by atoms with van der Waals surface area (Å²) >= 11 is 0. The van der Waals surface area contributed by atoms with Crippen molar-refractivity contribution < 1.29 is 0 Å². The Morgan fingerprint density at radius 1 is 0.550 bits per heavy atom. The van der Waals surface area contributed by atoms with E-state index in [2.05, 4.69) is 88.4 Å². The van der Waals surface area contributed by atoms with Gasteiger partial charge in [0, 0.05) is 0 Å². The average Bonchev–Trinajstić information content (AvgIpc) is 2.45. The lowest BCUT2D eigenvalue weighted by molar-refractivity contribution is -0.0803. The first-order chi connectivity index (χ1) is 9.46. The summed E-state index contributed by atoms with van der Waals surface area (Å²) in [5, 5.41) is 0. The largest absolute Gasteiger partial charge is 0.0622 e. The zero-order valence-electron chi connectivity index (χ0n) is 12.9. The van der Waals surface area contributed by atoms with Crippen LogP contribution in [0, 0.1) is 10.8 Å².